The molecule has 2 aliphatic rings. The molecule has 29 heavy (non-hydrogen) atoms. The van der Waals surface area contributed by atoms with E-state index in [-0.39, 0.29) is 24.3 Å². The number of aliphatic carboxylic acids is 1. The van der Waals surface area contributed by atoms with Gasteiger partial charge in [0.1, 0.15) is 5.60 Å². The standard InChI is InChI=1S/C12H21NO4.C9H17NO2/c1-5-8-6-13(7-9(8)10(14)15)11(16)17-12(2,3)4;1-3-7-5-10-6-8(7)9(11)12-4-2/h8-9H,5-7H2,1-4H3,(H,14,15);7-8,10H,3-6H2,1-2H3. The van der Waals surface area contributed by atoms with E-state index in [1.807, 2.05) is 13.8 Å². The Hall–Kier alpha value is -1.83. The molecule has 2 saturated heterocycles. The van der Waals surface area contributed by atoms with Crippen LogP contribution in [-0.4, -0.2) is 66.4 Å². The Bertz CT molecular complexity index is 560. The molecule has 2 fully saturated rings. The van der Waals surface area contributed by atoms with Gasteiger partial charge >= 0.3 is 18.0 Å². The Kier molecular flexibility index (Phi) is 9.89. The Balaban J connectivity index is 0.000000308. The van der Waals surface area contributed by atoms with Crippen molar-refractivity contribution in [2.75, 3.05) is 32.8 Å². The molecule has 2 aliphatic heterocycles. The predicted molar refractivity (Wildman–Crippen MR) is 109 cm³/mol. The normalized spacial score (nSPS) is 26.5. The van der Waals surface area contributed by atoms with Crippen LogP contribution in [0.2, 0.25) is 0 Å². The summed E-state index contributed by atoms with van der Waals surface area (Å²) < 4.78 is 10.2. The third kappa shape index (κ3) is 7.84. The molecule has 0 aliphatic carbocycles. The molecule has 1 amide bonds. The largest absolute Gasteiger partial charge is 0.481 e. The number of carboxylic acids is 1. The number of amides is 1. The molecule has 2 rings (SSSR count). The zero-order valence-corrected chi connectivity index (χ0v) is 18.7. The Morgan fingerprint density at radius 1 is 1.00 bits per heavy atom. The summed E-state index contributed by atoms with van der Waals surface area (Å²) in [5.41, 5.74) is -0.542. The van der Waals surface area contributed by atoms with Gasteiger partial charge in [-0.05, 0) is 46.1 Å². The maximum atomic E-state index is 11.8. The van der Waals surface area contributed by atoms with Gasteiger partial charge in [0.25, 0.3) is 0 Å². The molecule has 0 aromatic carbocycles. The highest BCUT2D eigenvalue weighted by Gasteiger charge is 2.40. The SMILES string of the molecule is CCC1CN(C(=O)OC(C)(C)C)CC1C(=O)O.CCOC(=O)C1CNCC1CC. The molecule has 0 aromatic rings. The van der Waals surface area contributed by atoms with Gasteiger partial charge in [0.05, 0.1) is 18.4 Å². The number of rotatable bonds is 5. The van der Waals surface area contributed by atoms with Crippen molar-refractivity contribution in [2.24, 2.45) is 23.7 Å². The summed E-state index contributed by atoms with van der Waals surface area (Å²) >= 11 is 0. The van der Waals surface area contributed by atoms with E-state index in [2.05, 4.69) is 12.2 Å². The molecule has 0 saturated carbocycles. The smallest absolute Gasteiger partial charge is 0.410 e. The molecule has 0 aromatic heterocycles. The van der Waals surface area contributed by atoms with Gasteiger partial charge in [-0.25, -0.2) is 4.79 Å². The van der Waals surface area contributed by atoms with Gasteiger partial charge in [-0.1, -0.05) is 26.7 Å². The first-order valence-electron chi connectivity index (χ1n) is 10.6. The van der Waals surface area contributed by atoms with Crippen molar-refractivity contribution in [3.05, 3.63) is 0 Å². The molecule has 168 valence electrons. The third-order valence-electron chi connectivity index (χ3n) is 5.39. The molecule has 8 heteroatoms. The minimum absolute atomic E-state index is 0.0278. The number of carbonyl (C=O) groups is 3. The third-order valence-corrected chi connectivity index (χ3v) is 5.39. The molecule has 4 unspecified atom stereocenters. The second-order valence-electron chi connectivity index (χ2n) is 8.68. The fourth-order valence-electron chi connectivity index (χ4n) is 3.73. The van der Waals surface area contributed by atoms with Crippen LogP contribution in [0, 0.1) is 23.7 Å². The van der Waals surface area contributed by atoms with E-state index in [0.717, 1.165) is 25.9 Å². The van der Waals surface area contributed by atoms with Crippen LogP contribution in [0.4, 0.5) is 4.79 Å². The summed E-state index contributed by atoms with van der Waals surface area (Å²) in [6, 6.07) is 0. The average molecular weight is 415 g/mol. The first kappa shape index (κ1) is 25.2. The number of nitrogens with one attached hydrogen (secondary N) is 1. The maximum absolute atomic E-state index is 11.8. The van der Waals surface area contributed by atoms with Crippen molar-refractivity contribution in [1.29, 1.82) is 0 Å². The van der Waals surface area contributed by atoms with Gasteiger partial charge in [-0.2, -0.15) is 0 Å². The van der Waals surface area contributed by atoms with Crippen LogP contribution in [0.15, 0.2) is 0 Å². The zero-order valence-electron chi connectivity index (χ0n) is 18.7. The van der Waals surface area contributed by atoms with Gasteiger partial charge in [-0.15, -0.1) is 0 Å². The van der Waals surface area contributed by atoms with Crippen molar-refractivity contribution in [1.82, 2.24) is 10.2 Å². The van der Waals surface area contributed by atoms with Crippen molar-refractivity contribution in [3.63, 3.8) is 0 Å². The maximum Gasteiger partial charge on any atom is 0.410 e. The second-order valence-corrected chi connectivity index (χ2v) is 8.68. The van der Waals surface area contributed by atoms with Crippen LogP contribution in [0.5, 0.6) is 0 Å². The molecular formula is C21H38N2O6. The Labute approximate surface area is 174 Å². The van der Waals surface area contributed by atoms with Crippen molar-refractivity contribution < 1.29 is 29.0 Å². The molecule has 4 atom stereocenters. The quantitative estimate of drug-likeness (QED) is 0.666. The van der Waals surface area contributed by atoms with Crippen molar-refractivity contribution in [3.8, 4) is 0 Å². The van der Waals surface area contributed by atoms with Gasteiger partial charge in [0.2, 0.25) is 0 Å². The van der Waals surface area contributed by atoms with Crippen LogP contribution >= 0.6 is 0 Å². The molecule has 0 radical (unpaired) electrons. The number of carbonyl (C=O) groups excluding carboxylic acids is 2. The summed E-state index contributed by atoms with van der Waals surface area (Å²) in [7, 11) is 0. The van der Waals surface area contributed by atoms with Gasteiger partial charge in [0.15, 0.2) is 0 Å². The average Bonchev–Trinajstić information content (AvgIpc) is 3.27. The highest BCUT2D eigenvalue weighted by molar-refractivity contribution is 5.75. The van der Waals surface area contributed by atoms with E-state index in [0.29, 0.717) is 19.1 Å². The number of ether oxygens (including phenoxy) is 2. The monoisotopic (exact) mass is 414 g/mol. The van der Waals surface area contributed by atoms with Crippen LogP contribution in [0.1, 0.15) is 54.4 Å². The van der Waals surface area contributed by atoms with E-state index < -0.39 is 23.6 Å². The van der Waals surface area contributed by atoms with Crippen molar-refractivity contribution >= 4 is 18.0 Å². The molecule has 8 nitrogen and oxygen atoms in total. The topological polar surface area (TPSA) is 105 Å². The van der Waals surface area contributed by atoms with E-state index in [4.69, 9.17) is 14.6 Å². The highest BCUT2D eigenvalue weighted by Crippen LogP contribution is 2.27. The van der Waals surface area contributed by atoms with E-state index in [9.17, 15) is 14.4 Å². The summed E-state index contributed by atoms with van der Waals surface area (Å²) in [6.07, 6.45) is 1.40. The molecule has 0 bridgehead atoms. The van der Waals surface area contributed by atoms with Crippen LogP contribution in [-0.2, 0) is 19.1 Å². The molecular weight excluding hydrogens is 376 g/mol. The van der Waals surface area contributed by atoms with E-state index in [1.165, 1.54) is 4.90 Å². The molecule has 0 spiro atoms. The number of carboxylic acid groups (broad SMARTS) is 1. The number of hydrogen-bond donors (Lipinski definition) is 2. The van der Waals surface area contributed by atoms with Crippen LogP contribution in [0.3, 0.4) is 0 Å². The second kappa shape index (κ2) is 11.4. The summed E-state index contributed by atoms with van der Waals surface area (Å²) in [6.45, 7) is 14.3. The lowest BCUT2D eigenvalue weighted by Gasteiger charge is -2.24. The number of esters is 1. The molecule has 2 heterocycles. The summed E-state index contributed by atoms with van der Waals surface area (Å²) in [5, 5.41) is 12.3. The van der Waals surface area contributed by atoms with Crippen LogP contribution < -0.4 is 5.32 Å². The van der Waals surface area contributed by atoms with E-state index in [1.54, 1.807) is 20.8 Å². The first-order valence-corrected chi connectivity index (χ1v) is 10.6. The molecule has 2 N–H and O–H groups in total. The van der Waals surface area contributed by atoms with Gasteiger partial charge < -0.3 is 24.8 Å². The van der Waals surface area contributed by atoms with Gasteiger partial charge in [-0.3, -0.25) is 9.59 Å². The lowest BCUT2D eigenvalue weighted by molar-refractivity contribution is -0.148. The lowest BCUT2D eigenvalue weighted by Crippen LogP contribution is -2.35. The lowest BCUT2D eigenvalue weighted by atomic mass is 9.94. The minimum atomic E-state index is -0.831. The highest BCUT2D eigenvalue weighted by atomic mass is 16.6. The zero-order chi connectivity index (χ0) is 22.2. The van der Waals surface area contributed by atoms with Gasteiger partial charge in [0, 0.05) is 19.6 Å². The van der Waals surface area contributed by atoms with E-state index >= 15 is 0 Å². The number of likely N-dealkylation sites (tertiary alicyclic amines) is 1. The fourth-order valence-corrected chi connectivity index (χ4v) is 3.73. The Morgan fingerprint density at radius 2 is 1.62 bits per heavy atom. The number of nitrogens with zero attached hydrogens (tertiary/aromatic N) is 1. The van der Waals surface area contributed by atoms with Crippen LogP contribution in [0.25, 0.3) is 0 Å². The predicted octanol–water partition coefficient (Wildman–Crippen LogP) is 2.76. The van der Waals surface area contributed by atoms with Crippen molar-refractivity contribution in [2.45, 2.75) is 60.0 Å². The summed E-state index contributed by atoms with van der Waals surface area (Å²) in [4.78, 5) is 35.7. The minimum Gasteiger partial charge on any atom is -0.481 e. The Morgan fingerprint density at radius 3 is 2.07 bits per heavy atom. The number of hydrogen-bond acceptors (Lipinski definition) is 6. The summed E-state index contributed by atoms with van der Waals surface area (Å²) in [5.74, 6) is -0.733. The first-order chi connectivity index (χ1) is 13.5. The fraction of sp³-hybridized carbons (Fsp3) is 0.857.